The van der Waals surface area contributed by atoms with Gasteiger partial charge in [-0.15, -0.1) is 0 Å². The predicted octanol–water partition coefficient (Wildman–Crippen LogP) is 0.853. The highest BCUT2D eigenvalue weighted by molar-refractivity contribution is 7.89. The molecule has 124 valence electrons. The smallest absolute Gasteiger partial charge is 0.309 e. The van der Waals surface area contributed by atoms with Crippen molar-refractivity contribution in [2.75, 3.05) is 6.54 Å². The summed E-state index contributed by atoms with van der Waals surface area (Å²) in [7, 11) is -4.24. The first-order valence-corrected chi connectivity index (χ1v) is 8.18. The molecule has 23 heavy (non-hydrogen) atoms. The number of nitro groups is 1. The molecule has 2 rings (SSSR count). The molecule has 1 aliphatic rings. The standard InChI is InChI=1S/C13H14N2O7S/c1-2-10-11(13(17)18)7-14(12(10)16)23(21,22)9-5-3-8(4-6-9)15(19)20/h3-6,10-11H,2,7H2,1H3,(H,17,18)/t10-,11-/m1/s1. The average Bonchev–Trinajstić information content (AvgIpc) is 2.84. The minimum atomic E-state index is -4.24. The zero-order chi connectivity index (χ0) is 17.4. The van der Waals surface area contributed by atoms with Gasteiger partial charge in [0, 0.05) is 12.1 Å². The molecule has 0 bridgehead atoms. The van der Waals surface area contributed by atoms with Gasteiger partial charge in [-0.3, -0.25) is 19.7 Å². The molecule has 0 spiro atoms. The SMILES string of the molecule is CC[C@H]1C(=O)N(S(=O)(=O)c2ccc([N+](=O)[O-])cc2)C[C@H]1C(=O)O. The van der Waals surface area contributed by atoms with Crippen molar-refractivity contribution in [2.45, 2.75) is 18.2 Å². The number of nitrogens with zero attached hydrogens (tertiary/aromatic N) is 2. The van der Waals surface area contributed by atoms with E-state index in [9.17, 15) is 28.1 Å². The van der Waals surface area contributed by atoms with Gasteiger partial charge >= 0.3 is 5.97 Å². The van der Waals surface area contributed by atoms with Gasteiger partial charge in [-0.25, -0.2) is 12.7 Å². The van der Waals surface area contributed by atoms with Crippen LogP contribution in [0.15, 0.2) is 29.2 Å². The number of hydrogen-bond donors (Lipinski definition) is 1. The lowest BCUT2D eigenvalue weighted by atomic mass is 9.93. The second-order valence-corrected chi connectivity index (χ2v) is 6.95. The summed E-state index contributed by atoms with van der Waals surface area (Å²) in [5.74, 6) is -3.99. The van der Waals surface area contributed by atoms with Gasteiger partial charge in [0.05, 0.1) is 28.2 Å². The summed E-state index contributed by atoms with van der Waals surface area (Å²) in [5.41, 5.74) is -0.286. The molecular formula is C13H14N2O7S. The molecule has 10 heteroatoms. The number of rotatable bonds is 5. The summed E-state index contributed by atoms with van der Waals surface area (Å²) in [6, 6.07) is 4.07. The molecule has 9 nitrogen and oxygen atoms in total. The second kappa shape index (κ2) is 5.95. The maximum Gasteiger partial charge on any atom is 0.309 e. The Balaban J connectivity index is 2.38. The number of benzene rings is 1. The van der Waals surface area contributed by atoms with E-state index in [0.717, 1.165) is 24.3 Å². The first-order chi connectivity index (χ1) is 10.7. The quantitative estimate of drug-likeness (QED) is 0.619. The van der Waals surface area contributed by atoms with Crippen molar-refractivity contribution in [2.24, 2.45) is 11.8 Å². The number of carboxylic acid groups (broad SMARTS) is 1. The summed E-state index contributed by atoms with van der Waals surface area (Å²) >= 11 is 0. The fourth-order valence-electron chi connectivity index (χ4n) is 2.55. The summed E-state index contributed by atoms with van der Waals surface area (Å²) < 4.78 is 25.5. The van der Waals surface area contributed by atoms with Gasteiger partial charge in [0.25, 0.3) is 15.7 Å². The fourth-order valence-corrected chi connectivity index (χ4v) is 4.01. The third kappa shape index (κ3) is 2.89. The number of non-ortho nitro benzene ring substituents is 1. The number of nitro benzene ring substituents is 1. The zero-order valence-electron chi connectivity index (χ0n) is 12.1. The van der Waals surface area contributed by atoms with Crippen molar-refractivity contribution >= 4 is 27.6 Å². The van der Waals surface area contributed by atoms with Crippen LogP contribution < -0.4 is 0 Å². The molecule has 1 saturated heterocycles. The molecule has 1 aromatic rings. The van der Waals surface area contributed by atoms with Gasteiger partial charge in [-0.05, 0) is 18.6 Å². The first-order valence-electron chi connectivity index (χ1n) is 6.74. The van der Waals surface area contributed by atoms with Crippen molar-refractivity contribution < 1.29 is 28.0 Å². The van der Waals surface area contributed by atoms with Crippen LogP contribution in [0, 0.1) is 22.0 Å². The van der Waals surface area contributed by atoms with E-state index < -0.39 is 45.2 Å². The number of carboxylic acids is 1. The Morgan fingerprint density at radius 3 is 2.35 bits per heavy atom. The van der Waals surface area contributed by atoms with Crippen molar-refractivity contribution in [3.63, 3.8) is 0 Å². The Morgan fingerprint density at radius 2 is 1.96 bits per heavy atom. The highest BCUT2D eigenvalue weighted by atomic mass is 32.2. The summed E-state index contributed by atoms with van der Waals surface area (Å²) in [4.78, 5) is 33.0. The van der Waals surface area contributed by atoms with Gasteiger partial charge in [0.1, 0.15) is 0 Å². The summed E-state index contributed by atoms with van der Waals surface area (Å²) in [6.07, 6.45) is 0.210. The van der Waals surface area contributed by atoms with Crippen LogP contribution in [-0.2, 0) is 19.6 Å². The molecule has 0 radical (unpaired) electrons. The third-order valence-corrected chi connectivity index (χ3v) is 5.58. The highest BCUT2D eigenvalue weighted by Gasteiger charge is 2.48. The Kier molecular flexibility index (Phi) is 4.37. The summed E-state index contributed by atoms with van der Waals surface area (Å²) in [5, 5.41) is 19.7. The van der Waals surface area contributed by atoms with Gasteiger partial charge in [-0.2, -0.15) is 0 Å². The van der Waals surface area contributed by atoms with E-state index in [-0.39, 0.29) is 17.0 Å². The minimum Gasteiger partial charge on any atom is -0.481 e. The van der Waals surface area contributed by atoms with E-state index in [4.69, 9.17) is 5.11 Å². The van der Waals surface area contributed by atoms with Crippen LogP contribution in [-0.4, -0.2) is 41.2 Å². The second-order valence-electron chi connectivity index (χ2n) is 5.08. The van der Waals surface area contributed by atoms with E-state index in [0.29, 0.717) is 4.31 Å². The van der Waals surface area contributed by atoms with E-state index in [1.807, 2.05) is 0 Å². The predicted molar refractivity (Wildman–Crippen MR) is 76.9 cm³/mol. The molecule has 0 aliphatic carbocycles. The number of hydrogen-bond acceptors (Lipinski definition) is 6. The van der Waals surface area contributed by atoms with Crippen LogP contribution >= 0.6 is 0 Å². The zero-order valence-corrected chi connectivity index (χ0v) is 12.9. The third-order valence-electron chi connectivity index (χ3n) is 3.80. The van der Waals surface area contributed by atoms with Crippen molar-refractivity contribution in [1.29, 1.82) is 0 Å². The Bertz CT molecular complexity index is 757. The van der Waals surface area contributed by atoms with E-state index >= 15 is 0 Å². The van der Waals surface area contributed by atoms with Crippen LogP contribution in [0.5, 0.6) is 0 Å². The van der Waals surface area contributed by atoms with Crippen LogP contribution in [0.25, 0.3) is 0 Å². The Labute approximate surface area is 131 Å². The molecule has 1 fully saturated rings. The van der Waals surface area contributed by atoms with Gasteiger partial charge < -0.3 is 5.11 Å². The van der Waals surface area contributed by atoms with Crippen LogP contribution in [0.2, 0.25) is 0 Å². The molecular weight excluding hydrogens is 328 g/mol. The number of aliphatic carboxylic acids is 1. The Hall–Kier alpha value is -2.49. The maximum absolute atomic E-state index is 12.5. The number of carbonyl (C=O) groups excluding carboxylic acids is 1. The van der Waals surface area contributed by atoms with Gasteiger partial charge in [0.15, 0.2) is 0 Å². The normalized spacial score (nSPS) is 21.4. The van der Waals surface area contributed by atoms with Crippen molar-refractivity contribution in [1.82, 2.24) is 4.31 Å². The summed E-state index contributed by atoms with van der Waals surface area (Å²) in [6.45, 7) is 1.17. The molecule has 0 unspecified atom stereocenters. The molecule has 1 N–H and O–H groups in total. The molecule has 1 aromatic carbocycles. The maximum atomic E-state index is 12.5. The van der Waals surface area contributed by atoms with Crippen molar-refractivity contribution in [3.05, 3.63) is 34.4 Å². The molecule has 0 saturated carbocycles. The Morgan fingerprint density at radius 1 is 1.39 bits per heavy atom. The van der Waals surface area contributed by atoms with Crippen molar-refractivity contribution in [3.8, 4) is 0 Å². The molecule has 0 aromatic heterocycles. The molecule has 1 amide bonds. The van der Waals surface area contributed by atoms with Gasteiger partial charge in [-0.1, -0.05) is 6.92 Å². The first kappa shape index (κ1) is 16.9. The largest absolute Gasteiger partial charge is 0.481 e. The average molecular weight is 342 g/mol. The highest BCUT2D eigenvalue weighted by Crippen LogP contribution is 2.32. The molecule has 2 atom stereocenters. The number of sulfonamides is 1. The van der Waals surface area contributed by atoms with Crippen LogP contribution in [0.3, 0.4) is 0 Å². The van der Waals surface area contributed by atoms with E-state index in [2.05, 4.69) is 0 Å². The topological polar surface area (TPSA) is 135 Å². The number of amides is 1. The monoisotopic (exact) mass is 342 g/mol. The fraction of sp³-hybridized carbons (Fsp3) is 0.385. The van der Waals surface area contributed by atoms with E-state index in [1.54, 1.807) is 6.92 Å². The lowest BCUT2D eigenvalue weighted by Gasteiger charge is -2.16. The van der Waals surface area contributed by atoms with Crippen LogP contribution in [0.4, 0.5) is 5.69 Å². The molecule has 1 heterocycles. The lowest BCUT2D eigenvalue weighted by Crippen LogP contribution is -2.33. The van der Waals surface area contributed by atoms with Gasteiger partial charge in [0.2, 0.25) is 5.91 Å². The lowest BCUT2D eigenvalue weighted by molar-refractivity contribution is -0.384. The van der Waals surface area contributed by atoms with Crippen LogP contribution in [0.1, 0.15) is 13.3 Å². The van der Waals surface area contributed by atoms with E-state index in [1.165, 1.54) is 0 Å². The minimum absolute atomic E-state index is 0.210. The number of carbonyl (C=O) groups is 2. The molecule has 1 aliphatic heterocycles.